The zero-order valence-electron chi connectivity index (χ0n) is 17.1. The van der Waals surface area contributed by atoms with Gasteiger partial charge in [0.1, 0.15) is 0 Å². The van der Waals surface area contributed by atoms with Crippen LogP contribution in [0.15, 0.2) is 61.2 Å². The molecule has 0 aliphatic carbocycles. The number of hydrogen-bond acceptors (Lipinski definition) is 4. The number of halogens is 3. The highest BCUT2D eigenvalue weighted by atomic mass is 19.4. The number of ether oxygens (including phenoxy) is 1. The van der Waals surface area contributed by atoms with Crippen molar-refractivity contribution in [2.45, 2.75) is 31.7 Å². The molecular weight excluding hydrogens is 423 g/mol. The van der Waals surface area contributed by atoms with Crippen molar-refractivity contribution < 1.29 is 22.7 Å². The van der Waals surface area contributed by atoms with Gasteiger partial charge in [-0.05, 0) is 48.7 Å². The Morgan fingerprint density at radius 1 is 1.25 bits per heavy atom. The summed E-state index contributed by atoms with van der Waals surface area (Å²) in [5.41, 5.74) is -0.253. The fourth-order valence-electron chi connectivity index (χ4n) is 3.60. The fraction of sp³-hybridized carbons (Fsp3) is 0.318. The van der Waals surface area contributed by atoms with Gasteiger partial charge >= 0.3 is 12.2 Å². The predicted molar refractivity (Wildman–Crippen MR) is 111 cm³/mol. The van der Waals surface area contributed by atoms with Gasteiger partial charge in [0.25, 0.3) is 0 Å². The standard InChI is InChI=1S/C22H22F3N5O2/c23-22(24,25)19-12-17(30-10-3-9-27-30)6-7-20(19)28-21(31)29(15-18-5-2-11-32-18)14-16-4-1-8-26-13-16/h1,3-4,6-10,12-13,18H,2,5,11,14-15H2,(H,28,31)/t18-/m0/s1. The Hall–Kier alpha value is -3.40. The Morgan fingerprint density at radius 2 is 2.12 bits per heavy atom. The van der Waals surface area contributed by atoms with E-state index < -0.39 is 17.8 Å². The second-order valence-electron chi connectivity index (χ2n) is 7.49. The van der Waals surface area contributed by atoms with E-state index in [9.17, 15) is 18.0 Å². The van der Waals surface area contributed by atoms with E-state index in [4.69, 9.17) is 4.74 Å². The summed E-state index contributed by atoms with van der Waals surface area (Å²) < 4.78 is 48.3. The molecule has 2 aromatic heterocycles. The molecule has 0 spiro atoms. The number of pyridine rings is 1. The number of nitrogens with zero attached hydrogens (tertiary/aromatic N) is 4. The number of hydrogen-bond donors (Lipinski definition) is 1. The van der Waals surface area contributed by atoms with Crippen LogP contribution in [0.3, 0.4) is 0 Å². The summed E-state index contributed by atoms with van der Waals surface area (Å²) in [6.07, 6.45) is 3.13. The summed E-state index contributed by atoms with van der Waals surface area (Å²) in [5.74, 6) is 0. The number of carbonyl (C=O) groups is 1. The third kappa shape index (κ3) is 5.25. The third-order valence-electron chi connectivity index (χ3n) is 5.15. The average molecular weight is 445 g/mol. The molecule has 2 amide bonds. The Kier molecular flexibility index (Phi) is 6.40. The lowest BCUT2D eigenvalue weighted by Gasteiger charge is -2.26. The van der Waals surface area contributed by atoms with Crippen LogP contribution in [0.25, 0.3) is 5.69 Å². The summed E-state index contributed by atoms with van der Waals surface area (Å²) in [5, 5.41) is 6.41. The number of alkyl halides is 3. The second kappa shape index (κ2) is 9.39. The fourth-order valence-corrected chi connectivity index (χ4v) is 3.60. The number of benzene rings is 1. The van der Waals surface area contributed by atoms with Crippen LogP contribution in [0.4, 0.5) is 23.7 Å². The van der Waals surface area contributed by atoms with E-state index in [-0.39, 0.29) is 30.6 Å². The normalized spacial score (nSPS) is 16.2. The van der Waals surface area contributed by atoms with Gasteiger partial charge in [-0.3, -0.25) is 4.98 Å². The molecule has 1 aliphatic heterocycles. The highest BCUT2D eigenvalue weighted by Crippen LogP contribution is 2.36. The van der Waals surface area contributed by atoms with E-state index in [1.54, 1.807) is 30.7 Å². The van der Waals surface area contributed by atoms with Gasteiger partial charge in [-0.2, -0.15) is 18.3 Å². The Balaban J connectivity index is 1.58. The third-order valence-corrected chi connectivity index (χ3v) is 5.15. The molecule has 3 aromatic rings. The first-order valence-corrected chi connectivity index (χ1v) is 10.2. The van der Waals surface area contributed by atoms with Gasteiger partial charge in [-0.1, -0.05) is 6.07 Å². The van der Waals surface area contributed by atoms with Gasteiger partial charge in [0.2, 0.25) is 0 Å². The predicted octanol–water partition coefficient (Wildman–Crippen LogP) is 4.50. The van der Waals surface area contributed by atoms with Crippen molar-refractivity contribution in [3.8, 4) is 5.69 Å². The van der Waals surface area contributed by atoms with Crippen LogP contribution in [0.2, 0.25) is 0 Å². The maximum Gasteiger partial charge on any atom is 0.418 e. The number of anilines is 1. The van der Waals surface area contributed by atoms with Crippen LogP contribution < -0.4 is 5.32 Å². The molecule has 1 aliphatic rings. The van der Waals surface area contributed by atoms with Gasteiger partial charge in [-0.25, -0.2) is 9.48 Å². The minimum Gasteiger partial charge on any atom is -0.376 e. The van der Waals surface area contributed by atoms with E-state index in [0.717, 1.165) is 24.5 Å². The minimum absolute atomic E-state index is 0.151. The van der Waals surface area contributed by atoms with Crippen LogP contribution in [0, 0.1) is 0 Å². The molecule has 3 heterocycles. The minimum atomic E-state index is -4.66. The van der Waals surface area contributed by atoms with Gasteiger partial charge in [-0.15, -0.1) is 0 Å². The van der Waals surface area contributed by atoms with E-state index >= 15 is 0 Å². The summed E-state index contributed by atoms with van der Waals surface area (Å²) in [4.78, 5) is 18.6. The van der Waals surface area contributed by atoms with Crippen LogP contribution in [-0.2, 0) is 17.5 Å². The van der Waals surface area contributed by atoms with E-state index in [1.165, 1.54) is 27.9 Å². The lowest BCUT2D eigenvalue weighted by molar-refractivity contribution is -0.136. The first-order valence-electron chi connectivity index (χ1n) is 10.2. The first-order chi connectivity index (χ1) is 15.4. The Bertz CT molecular complexity index is 1040. The molecule has 1 atom stereocenters. The monoisotopic (exact) mass is 445 g/mol. The molecule has 0 saturated carbocycles. The SMILES string of the molecule is O=C(Nc1ccc(-n2cccn2)cc1C(F)(F)F)N(Cc1cccnc1)C[C@@H]1CCCO1. The number of urea groups is 1. The lowest BCUT2D eigenvalue weighted by atomic mass is 10.1. The Labute approximate surface area is 182 Å². The van der Waals surface area contributed by atoms with Crippen molar-refractivity contribution in [2.75, 3.05) is 18.5 Å². The molecule has 0 bridgehead atoms. The van der Waals surface area contributed by atoms with Crippen LogP contribution >= 0.6 is 0 Å². The topological polar surface area (TPSA) is 72.3 Å². The molecular formula is C22H22F3N5O2. The van der Waals surface area contributed by atoms with Gasteiger partial charge in [0.05, 0.1) is 23.0 Å². The van der Waals surface area contributed by atoms with Gasteiger partial charge in [0, 0.05) is 44.5 Å². The van der Waals surface area contributed by atoms with Crippen LogP contribution in [-0.4, -0.2) is 45.0 Å². The largest absolute Gasteiger partial charge is 0.418 e. The van der Waals surface area contributed by atoms with E-state index in [2.05, 4.69) is 15.4 Å². The van der Waals surface area contributed by atoms with Gasteiger partial charge in [0.15, 0.2) is 0 Å². The summed E-state index contributed by atoms with van der Waals surface area (Å²) >= 11 is 0. The van der Waals surface area contributed by atoms with Crippen molar-refractivity contribution in [3.05, 3.63) is 72.3 Å². The number of nitrogens with one attached hydrogen (secondary N) is 1. The molecule has 0 unspecified atom stereocenters. The molecule has 1 saturated heterocycles. The van der Waals surface area contributed by atoms with Crippen molar-refractivity contribution >= 4 is 11.7 Å². The number of rotatable bonds is 6. The summed E-state index contributed by atoms with van der Waals surface area (Å²) in [6.45, 7) is 1.08. The average Bonchev–Trinajstić information content (AvgIpc) is 3.48. The molecule has 10 heteroatoms. The van der Waals surface area contributed by atoms with Crippen LogP contribution in [0.5, 0.6) is 0 Å². The molecule has 1 N–H and O–H groups in total. The zero-order chi connectivity index (χ0) is 22.6. The summed E-state index contributed by atoms with van der Waals surface area (Å²) in [6, 6.07) is 8.21. The van der Waals surface area contributed by atoms with Crippen LogP contribution in [0.1, 0.15) is 24.0 Å². The van der Waals surface area contributed by atoms with Crippen molar-refractivity contribution in [1.29, 1.82) is 0 Å². The number of amides is 2. The van der Waals surface area contributed by atoms with E-state index in [1.807, 2.05) is 6.07 Å². The highest BCUT2D eigenvalue weighted by molar-refractivity contribution is 5.90. The Morgan fingerprint density at radius 3 is 2.78 bits per heavy atom. The molecule has 168 valence electrons. The lowest BCUT2D eigenvalue weighted by Crippen LogP contribution is -2.40. The van der Waals surface area contributed by atoms with Crippen molar-refractivity contribution in [1.82, 2.24) is 19.7 Å². The molecule has 4 rings (SSSR count). The quantitative estimate of drug-likeness (QED) is 0.607. The van der Waals surface area contributed by atoms with Crippen molar-refractivity contribution in [2.24, 2.45) is 0 Å². The highest BCUT2D eigenvalue weighted by Gasteiger charge is 2.35. The molecule has 32 heavy (non-hydrogen) atoms. The number of aromatic nitrogens is 3. The summed E-state index contributed by atoms with van der Waals surface area (Å²) in [7, 11) is 0. The smallest absolute Gasteiger partial charge is 0.376 e. The molecule has 0 radical (unpaired) electrons. The molecule has 7 nitrogen and oxygen atoms in total. The molecule has 1 fully saturated rings. The van der Waals surface area contributed by atoms with Crippen molar-refractivity contribution in [3.63, 3.8) is 0 Å². The maximum atomic E-state index is 13.8. The second-order valence-corrected chi connectivity index (χ2v) is 7.49. The van der Waals surface area contributed by atoms with Gasteiger partial charge < -0.3 is 15.0 Å². The molecule has 1 aromatic carbocycles. The maximum absolute atomic E-state index is 13.8. The number of carbonyl (C=O) groups excluding carboxylic acids is 1. The van der Waals surface area contributed by atoms with E-state index in [0.29, 0.717) is 6.61 Å². The zero-order valence-corrected chi connectivity index (χ0v) is 17.1. The first kappa shape index (κ1) is 21.8.